The van der Waals surface area contributed by atoms with Gasteiger partial charge < -0.3 is 10.3 Å². The van der Waals surface area contributed by atoms with Gasteiger partial charge in [-0.1, -0.05) is 32.9 Å². The minimum atomic E-state index is -0.197. The molecule has 0 spiro atoms. The van der Waals surface area contributed by atoms with Crippen LogP contribution in [0, 0.1) is 0 Å². The van der Waals surface area contributed by atoms with Crippen molar-refractivity contribution >= 4 is 11.8 Å². The van der Waals surface area contributed by atoms with Crippen LogP contribution in [0.15, 0.2) is 4.52 Å². The fraction of sp³-hybridized carbons (Fsp3) is 0.833. The molecular weight excluding hydrogens is 234 g/mol. The summed E-state index contributed by atoms with van der Waals surface area (Å²) in [5, 5.41) is 4.02. The molecule has 2 N–H and O–H groups in total. The Hall–Kier alpha value is -0.550. The zero-order valence-corrected chi connectivity index (χ0v) is 12.2. The van der Waals surface area contributed by atoms with E-state index in [1.807, 2.05) is 11.8 Å². The average Bonchev–Trinajstić information content (AvgIpc) is 2.73. The first-order valence-electron chi connectivity index (χ1n) is 5.98. The number of hydrogen-bond acceptors (Lipinski definition) is 5. The van der Waals surface area contributed by atoms with E-state index in [2.05, 4.69) is 44.8 Å². The molecule has 1 rings (SSSR count). The summed E-state index contributed by atoms with van der Waals surface area (Å²) < 4.78 is 5.53. The monoisotopic (exact) mass is 257 g/mol. The van der Waals surface area contributed by atoms with Gasteiger partial charge in [-0.25, -0.2) is 0 Å². The standard InChI is InChI=1S/C12H23N3OS/c1-6-12(5,8-13)10-14-9(15-16-10)7-17-11(2,3)4/h6-8,13H2,1-5H3. The summed E-state index contributed by atoms with van der Waals surface area (Å²) in [6.07, 6.45) is 0.900. The number of nitrogens with zero attached hydrogens (tertiary/aromatic N) is 2. The molecule has 4 nitrogen and oxygen atoms in total. The van der Waals surface area contributed by atoms with Gasteiger partial charge in [0.15, 0.2) is 5.82 Å². The van der Waals surface area contributed by atoms with E-state index >= 15 is 0 Å². The van der Waals surface area contributed by atoms with Crippen molar-refractivity contribution in [1.82, 2.24) is 10.1 Å². The van der Waals surface area contributed by atoms with Crippen LogP contribution in [0.1, 0.15) is 52.8 Å². The van der Waals surface area contributed by atoms with Crippen LogP contribution in [0.5, 0.6) is 0 Å². The van der Waals surface area contributed by atoms with Crippen LogP contribution in [0.2, 0.25) is 0 Å². The summed E-state index contributed by atoms with van der Waals surface area (Å²) in [5.41, 5.74) is 5.57. The van der Waals surface area contributed by atoms with Gasteiger partial charge in [0.25, 0.3) is 0 Å². The Kier molecular flexibility index (Phi) is 4.61. The van der Waals surface area contributed by atoms with Gasteiger partial charge in [0.1, 0.15) is 0 Å². The summed E-state index contributed by atoms with van der Waals surface area (Å²) in [4.78, 5) is 4.45. The molecule has 0 aliphatic heterocycles. The zero-order chi connectivity index (χ0) is 13.1. The van der Waals surface area contributed by atoms with Crippen LogP contribution in [-0.4, -0.2) is 21.4 Å². The second kappa shape index (κ2) is 5.40. The molecule has 0 aliphatic carbocycles. The van der Waals surface area contributed by atoms with Crippen LogP contribution < -0.4 is 5.73 Å². The third kappa shape index (κ3) is 4.00. The predicted molar refractivity (Wildman–Crippen MR) is 72.0 cm³/mol. The number of hydrogen-bond donors (Lipinski definition) is 1. The third-order valence-electron chi connectivity index (χ3n) is 2.85. The van der Waals surface area contributed by atoms with Crippen molar-refractivity contribution in [3.8, 4) is 0 Å². The first-order chi connectivity index (χ1) is 7.80. The summed E-state index contributed by atoms with van der Waals surface area (Å²) in [6, 6.07) is 0. The molecule has 1 atom stereocenters. The van der Waals surface area contributed by atoms with E-state index in [1.165, 1.54) is 0 Å². The van der Waals surface area contributed by atoms with Crippen molar-refractivity contribution < 1.29 is 4.52 Å². The molecule has 0 saturated heterocycles. The lowest BCUT2D eigenvalue weighted by Gasteiger charge is -2.20. The lowest BCUT2D eigenvalue weighted by Crippen LogP contribution is -2.31. The second-order valence-electron chi connectivity index (χ2n) is 5.54. The minimum absolute atomic E-state index is 0.197. The highest BCUT2D eigenvalue weighted by Crippen LogP contribution is 2.28. The quantitative estimate of drug-likeness (QED) is 0.878. The molecule has 98 valence electrons. The molecule has 1 unspecified atom stereocenters. The highest BCUT2D eigenvalue weighted by atomic mass is 32.2. The Balaban J connectivity index is 2.71. The molecule has 17 heavy (non-hydrogen) atoms. The van der Waals surface area contributed by atoms with Crippen molar-refractivity contribution in [2.45, 2.75) is 57.0 Å². The topological polar surface area (TPSA) is 64.9 Å². The fourth-order valence-electron chi connectivity index (χ4n) is 1.22. The van der Waals surface area contributed by atoms with Gasteiger partial charge in [-0.05, 0) is 13.3 Å². The molecule has 1 heterocycles. The maximum absolute atomic E-state index is 5.77. The lowest BCUT2D eigenvalue weighted by molar-refractivity contribution is 0.289. The maximum Gasteiger partial charge on any atom is 0.233 e. The van der Waals surface area contributed by atoms with Crippen LogP contribution >= 0.6 is 11.8 Å². The summed E-state index contributed by atoms with van der Waals surface area (Å²) in [7, 11) is 0. The molecule has 0 aliphatic rings. The SMILES string of the molecule is CCC(C)(CN)c1nc(CSC(C)(C)C)no1. The summed E-state index contributed by atoms with van der Waals surface area (Å²) >= 11 is 1.81. The molecule has 0 saturated carbocycles. The largest absolute Gasteiger partial charge is 0.339 e. The molecule has 0 bridgehead atoms. The first kappa shape index (κ1) is 14.5. The number of nitrogens with two attached hydrogens (primary N) is 1. The van der Waals surface area contributed by atoms with Crippen molar-refractivity contribution in [1.29, 1.82) is 0 Å². The normalized spacial score (nSPS) is 15.9. The van der Waals surface area contributed by atoms with Crippen LogP contribution in [0.25, 0.3) is 0 Å². The van der Waals surface area contributed by atoms with E-state index in [9.17, 15) is 0 Å². The van der Waals surface area contributed by atoms with E-state index in [4.69, 9.17) is 10.3 Å². The highest BCUT2D eigenvalue weighted by molar-refractivity contribution is 7.99. The maximum atomic E-state index is 5.77. The first-order valence-corrected chi connectivity index (χ1v) is 6.96. The van der Waals surface area contributed by atoms with Crippen LogP contribution in [0.3, 0.4) is 0 Å². The predicted octanol–water partition coefficient (Wildman–Crippen LogP) is 2.73. The van der Waals surface area contributed by atoms with Crippen molar-refractivity contribution in [2.24, 2.45) is 5.73 Å². The Bertz CT molecular complexity index is 353. The van der Waals surface area contributed by atoms with Gasteiger partial charge in [0, 0.05) is 11.3 Å². The van der Waals surface area contributed by atoms with Crippen LogP contribution in [0.4, 0.5) is 0 Å². The van der Waals surface area contributed by atoms with E-state index in [1.54, 1.807) is 0 Å². The Labute approximate surface area is 108 Å². The summed E-state index contributed by atoms with van der Waals surface area (Å²) in [6.45, 7) is 11.2. The van der Waals surface area contributed by atoms with Gasteiger partial charge in [-0.15, -0.1) is 11.8 Å². The Morgan fingerprint density at radius 2 is 1.94 bits per heavy atom. The van der Waals surface area contributed by atoms with Gasteiger partial charge >= 0.3 is 0 Å². The second-order valence-corrected chi connectivity index (χ2v) is 7.34. The molecular formula is C12H23N3OS. The zero-order valence-electron chi connectivity index (χ0n) is 11.4. The van der Waals surface area contributed by atoms with E-state index in [-0.39, 0.29) is 10.2 Å². The molecule has 1 aromatic heterocycles. The molecule has 0 aromatic carbocycles. The van der Waals surface area contributed by atoms with Gasteiger partial charge in [0.05, 0.1) is 11.2 Å². The summed E-state index contributed by atoms with van der Waals surface area (Å²) in [5.74, 6) is 2.19. The van der Waals surface area contributed by atoms with Crippen molar-refractivity contribution in [2.75, 3.05) is 6.54 Å². The third-order valence-corrected chi connectivity index (χ3v) is 4.12. The Morgan fingerprint density at radius 1 is 1.29 bits per heavy atom. The van der Waals surface area contributed by atoms with E-state index in [0.717, 1.165) is 18.0 Å². The minimum Gasteiger partial charge on any atom is -0.339 e. The molecule has 5 heteroatoms. The number of thioether (sulfide) groups is 1. The fourth-order valence-corrected chi connectivity index (χ4v) is 1.90. The van der Waals surface area contributed by atoms with Gasteiger partial charge in [0.2, 0.25) is 5.89 Å². The van der Waals surface area contributed by atoms with E-state index in [0.29, 0.717) is 12.4 Å². The van der Waals surface area contributed by atoms with Gasteiger partial charge in [-0.3, -0.25) is 0 Å². The number of rotatable bonds is 5. The Morgan fingerprint density at radius 3 is 2.41 bits per heavy atom. The molecule has 0 radical (unpaired) electrons. The molecule has 1 aromatic rings. The van der Waals surface area contributed by atoms with Crippen molar-refractivity contribution in [3.63, 3.8) is 0 Å². The molecule has 0 amide bonds. The average molecular weight is 257 g/mol. The van der Waals surface area contributed by atoms with Gasteiger partial charge in [-0.2, -0.15) is 4.98 Å². The number of aromatic nitrogens is 2. The molecule has 0 fully saturated rings. The van der Waals surface area contributed by atoms with E-state index < -0.39 is 0 Å². The lowest BCUT2D eigenvalue weighted by atomic mass is 9.88. The van der Waals surface area contributed by atoms with Crippen LogP contribution in [-0.2, 0) is 11.2 Å². The smallest absolute Gasteiger partial charge is 0.233 e. The highest BCUT2D eigenvalue weighted by Gasteiger charge is 2.29. The van der Waals surface area contributed by atoms with Crippen molar-refractivity contribution in [3.05, 3.63) is 11.7 Å².